The number of pyridine rings is 1. The molecule has 5 heteroatoms. The molecule has 0 N–H and O–H groups in total. The van der Waals surface area contributed by atoms with Crippen molar-refractivity contribution >= 4 is 11.7 Å². The number of likely N-dealkylation sites (tertiary alicyclic amines) is 1. The summed E-state index contributed by atoms with van der Waals surface area (Å²) < 4.78 is 13.0. The molecular formula is C19H20FN3O. The molecule has 0 unspecified atom stereocenters. The Labute approximate surface area is 140 Å². The Morgan fingerprint density at radius 3 is 2.71 bits per heavy atom. The number of hydrogen-bond acceptors (Lipinski definition) is 3. The minimum Gasteiger partial charge on any atom is -0.298 e. The van der Waals surface area contributed by atoms with E-state index < -0.39 is 0 Å². The molecule has 24 heavy (non-hydrogen) atoms. The summed E-state index contributed by atoms with van der Waals surface area (Å²) in [5.41, 5.74) is 1.13. The van der Waals surface area contributed by atoms with Crippen molar-refractivity contribution in [1.82, 2.24) is 9.88 Å². The number of carbonyl (C=O) groups is 1. The summed E-state index contributed by atoms with van der Waals surface area (Å²) in [6.45, 7) is 3.42. The quantitative estimate of drug-likeness (QED) is 0.871. The van der Waals surface area contributed by atoms with Gasteiger partial charge in [0.2, 0.25) is 5.91 Å². The topological polar surface area (TPSA) is 36.4 Å². The SMILES string of the molecule is O=C1C[C@]2(CCN(Cc3ccc(F)cc3)C2)CN1c1ccccn1. The lowest BCUT2D eigenvalue weighted by Gasteiger charge is -2.24. The Hall–Kier alpha value is -2.27. The molecular weight excluding hydrogens is 305 g/mol. The Bertz CT molecular complexity index is 734. The van der Waals surface area contributed by atoms with Gasteiger partial charge in [0.25, 0.3) is 0 Å². The van der Waals surface area contributed by atoms with E-state index in [2.05, 4.69) is 9.88 Å². The summed E-state index contributed by atoms with van der Waals surface area (Å²) in [6.07, 6.45) is 3.33. The van der Waals surface area contributed by atoms with Gasteiger partial charge in [-0.15, -0.1) is 0 Å². The van der Waals surface area contributed by atoms with Crippen LogP contribution in [0.15, 0.2) is 48.7 Å². The maximum atomic E-state index is 13.0. The lowest BCUT2D eigenvalue weighted by Crippen LogP contribution is -2.31. The zero-order valence-electron chi connectivity index (χ0n) is 13.5. The number of carbonyl (C=O) groups excluding carboxylic acids is 1. The molecule has 1 atom stereocenters. The molecule has 4 rings (SSSR count). The van der Waals surface area contributed by atoms with Crippen molar-refractivity contribution in [2.75, 3.05) is 24.5 Å². The van der Waals surface area contributed by atoms with Gasteiger partial charge >= 0.3 is 0 Å². The highest BCUT2D eigenvalue weighted by molar-refractivity contribution is 5.95. The molecule has 4 nitrogen and oxygen atoms in total. The number of benzene rings is 1. The number of nitrogens with zero attached hydrogens (tertiary/aromatic N) is 3. The van der Waals surface area contributed by atoms with E-state index in [0.29, 0.717) is 6.42 Å². The van der Waals surface area contributed by atoms with E-state index >= 15 is 0 Å². The molecule has 0 bridgehead atoms. The fourth-order valence-corrected chi connectivity index (χ4v) is 3.90. The Balaban J connectivity index is 1.44. The second-order valence-electron chi connectivity index (χ2n) is 6.93. The van der Waals surface area contributed by atoms with E-state index in [1.165, 1.54) is 12.1 Å². The van der Waals surface area contributed by atoms with E-state index in [9.17, 15) is 9.18 Å². The number of amides is 1. The van der Waals surface area contributed by atoms with Crippen LogP contribution in [0, 0.1) is 11.2 Å². The summed E-state index contributed by atoms with van der Waals surface area (Å²) in [7, 11) is 0. The van der Waals surface area contributed by atoms with Crippen molar-refractivity contribution in [1.29, 1.82) is 0 Å². The first kappa shape index (κ1) is 15.3. The van der Waals surface area contributed by atoms with Crippen LogP contribution in [0.3, 0.4) is 0 Å². The summed E-state index contributed by atoms with van der Waals surface area (Å²) >= 11 is 0. The van der Waals surface area contributed by atoms with E-state index in [-0.39, 0.29) is 17.1 Å². The highest BCUT2D eigenvalue weighted by Crippen LogP contribution is 2.41. The van der Waals surface area contributed by atoms with Crippen LogP contribution in [0.25, 0.3) is 0 Å². The molecule has 2 aromatic rings. The average molecular weight is 325 g/mol. The van der Waals surface area contributed by atoms with Gasteiger partial charge in [0.15, 0.2) is 0 Å². The molecule has 2 saturated heterocycles. The molecule has 1 aromatic carbocycles. The zero-order valence-corrected chi connectivity index (χ0v) is 13.5. The molecule has 3 heterocycles. The molecule has 2 aliphatic heterocycles. The van der Waals surface area contributed by atoms with Gasteiger partial charge in [0.05, 0.1) is 0 Å². The van der Waals surface area contributed by atoms with E-state index in [1.54, 1.807) is 6.20 Å². The van der Waals surface area contributed by atoms with Crippen LogP contribution in [-0.4, -0.2) is 35.4 Å². The Morgan fingerprint density at radius 2 is 1.96 bits per heavy atom. The fourth-order valence-electron chi connectivity index (χ4n) is 3.90. The molecule has 0 aliphatic carbocycles. The smallest absolute Gasteiger partial charge is 0.228 e. The molecule has 0 saturated carbocycles. The van der Waals surface area contributed by atoms with Gasteiger partial charge in [0, 0.05) is 37.7 Å². The number of rotatable bonds is 3. The van der Waals surface area contributed by atoms with Gasteiger partial charge < -0.3 is 0 Å². The van der Waals surface area contributed by atoms with Crippen molar-refractivity contribution in [3.8, 4) is 0 Å². The summed E-state index contributed by atoms with van der Waals surface area (Å²) in [5.74, 6) is 0.706. The first-order chi connectivity index (χ1) is 11.6. The summed E-state index contributed by atoms with van der Waals surface area (Å²) in [4.78, 5) is 21.0. The Kier molecular flexibility index (Phi) is 3.81. The van der Waals surface area contributed by atoms with Crippen molar-refractivity contribution in [3.05, 3.63) is 60.0 Å². The minimum absolute atomic E-state index is 0.0225. The monoisotopic (exact) mass is 325 g/mol. The first-order valence-electron chi connectivity index (χ1n) is 8.32. The van der Waals surface area contributed by atoms with E-state index in [4.69, 9.17) is 0 Å². The van der Waals surface area contributed by atoms with Gasteiger partial charge in [-0.2, -0.15) is 0 Å². The van der Waals surface area contributed by atoms with Gasteiger partial charge in [-0.1, -0.05) is 18.2 Å². The van der Waals surface area contributed by atoms with Crippen LogP contribution in [0.5, 0.6) is 0 Å². The fraction of sp³-hybridized carbons (Fsp3) is 0.368. The average Bonchev–Trinajstić information content (AvgIpc) is 3.13. The number of anilines is 1. The maximum Gasteiger partial charge on any atom is 0.228 e. The van der Waals surface area contributed by atoms with Crippen molar-refractivity contribution in [2.24, 2.45) is 5.41 Å². The van der Waals surface area contributed by atoms with Crippen LogP contribution in [0.1, 0.15) is 18.4 Å². The van der Waals surface area contributed by atoms with Gasteiger partial charge in [-0.3, -0.25) is 14.6 Å². The second-order valence-corrected chi connectivity index (χ2v) is 6.93. The molecule has 2 aliphatic rings. The summed E-state index contributed by atoms with van der Waals surface area (Å²) in [5, 5.41) is 0. The first-order valence-corrected chi connectivity index (χ1v) is 8.32. The predicted octanol–water partition coefficient (Wildman–Crippen LogP) is 2.85. The van der Waals surface area contributed by atoms with Crippen LogP contribution < -0.4 is 4.90 Å². The molecule has 2 fully saturated rings. The van der Waals surface area contributed by atoms with Crippen LogP contribution in [0.2, 0.25) is 0 Å². The molecule has 1 aromatic heterocycles. The lowest BCUT2D eigenvalue weighted by atomic mass is 9.86. The highest BCUT2D eigenvalue weighted by atomic mass is 19.1. The third-order valence-electron chi connectivity index (χ3n) is 5.08. The van der Waals surface area contributed by atoms with E-state index in [0.717, 1.165) is 44.0 Å². The third kappa shape index (κ3) is 2.91. The van der Waals surface area contributed by atoms with Crippen molar-refractivity contribution in [2.45, 2.75) is 19.4 Å². The molecule has 0 radical (unpaired) electrons. The normalized spacial score (nSPS) is 24.2. The Morgan fingerprint density at radius 1 is 1.12 bits per heavy atom. The zero-order chi connectivity index (χ0) is 16.6. The molecule has 1 spiro atoms. The van der Waals surface area contributed by atoms with Crippen molar-refractivity contribution in [3.63, 3.8) is 0 Å². The minimum atomic E-state index is -0.205. The molecule has 1 amide bonds. The van der Waals surface area contributed by atoms with Crippen LogP contribution in [0.4, 0.5) is 10.2 Å². The number of aromatic nitrogens is 1. The second kappa shape index (κ2) is 5.98. The standard InChI is InChI=1S/C19H20FN3O/c20-16-6-4-15(5-7-16)12-22-10-8-19(13-22)11-18(24)23(14-19)17-3-1-2-9-21-17/h1-7,9H,8,10-14H2/t19-/m0/s1. The number of halogens is 1. The molecule has 124 valence electrons. The predicted molar refractivity (Wildman–Crippen MR) is 89.9 cm³/mol. The third-order valence-corrected chi connectivity index (χ3v) is 5.08. The summed E-state index contributed by atoms with van der Waals surface area (Å²) in [6, 6.07) is 12.3. The maximum absolute atomic E-state index is 13.0. The van der Waals surface area contributed by atoms with Gasteiger partial charge in [-0.25, -0.2) is 9.37 Å². The van der Waals surface area contributed by atoms with Gasteiger partial charge in [-0.05, 0) is 42.8 Å². The number of hydrogen-bond donors (Lipinski definition) is 0. The largest absolute Gasteiger partial charge is 0.298 e. The van der Waals surface area contributed by atoms with E-state index in [1.807, 2.05) is 35.2 Å². The van der Waals surface area contributed by atoms with Crippen molar-refractivity contribution < 1.29 is 9.18 Å². The van der Waals surface area contributed by atoms with Crippen LogP contribution >= 0.6 is 0 Å². The highest BCUT2D eigenvalue weighted by Gasteiger charge is 2.47. The van der Waals surface area contributed by atoms with Gasteiger partial charge in [0.1, 0.15) is 11.6 Å². The van der Waals surface area contributed by atoms with Crippen LogP contribution in [-0.2, 0) is 11.3 Å². The lowest BCUT2D eigenvalue weighted by molar-refractivity contribution is -0.117.